The van der Waals surface area contributed by atoms with E-state index in [0.29, 0.717) is 6.54 Å². The van der Waals surface area contributed by atoms with Gasteiger partial charge >= 0.3 is 6.03 Å². The number of nitrogens with one attached hydrogen (secondary N) is 2. The average Bonchev–Trinajstić information content (AvgIpc) is 2.88. The first-order valence-corrected chi connectivity index (χ1v) is 6.79. The normalized spacial score (nSPS) is 15.7. The summed E-state index contributed by atoms with van der Waals surface area (Å²) < 4.78 is 0. The zero-order valence-electron chi connectivity index (χ0n) is 10.9. The fraction of sp³-hybridized carbons (Fsp3) is 0.429. The number of hydrogen-bond donors (Lipinski definition) is 2. The van der Waals surface area contributed by atoms with Crippen LogP contribution in [0, 0.1) is 0 Å². The molecule has 2 N–H and O–H groups in total. The zero-order valence-corrected chi connectivity index (χ0v) is 10.9. The average molecular weight is 258 g/mol. The zero-order chi connectivity index (χ0) is 13.1. The van der Waals surface area contributed by atoms with Crippen molar-refractivity contribution in [2.24, 2.45) is 0 Å². The van der Waals surface area contributed by atoms with Crippen molar-refractivity contribution in [3.63, 3.8) is 0 Å². The van der Waals surface area contributed by atoms with Crippen LogP contribution in [0.4, 0.5) is 4.79 Å². The summed E-state index contributed by atoms with van der Waals surface area (Å²) in [6, 6.07) is 7.89. The number of benzene rings is 1. The quantitative estimate of drug-likeness (QED) is 0.868. The topological polar surface area (TPSA) is 61.0 Å². The van der Waals surface area contributed by atoms with E-state index in [1.807, 2.05) is 29.2 Å². The number of carbonyl (C=O) groups excluding carboxylic acids is 1. The number of imidazole rings is 1. The molecule has 0 atom stereocenters. The molecule has 1 aliphatic heterocycles. The van der Waals surface area contributed by atoms with Crippen LogP contribution >= 0.6 is 0 Å². The van der Waals surface area contributed by atoms with Crippen molar-refractivity contribution in [3.8, 4) is 0 Å². The molecular formula is C14H18N4O. The molecule has 19 heavy (non-hydrogen) atoms. The number of nitrogens with zero attached hydrogens (tertiary/aromatic N) is 2. The highest BCUT2D eigenvalue weighted by atomic mass is 16.2. The van der Waals surface area contributed by atoms with E-state index in [9.17, 15) is 4.79 Å². The maximum absolute atomic E-state index is 12.0. The first kappa shape index (κ1) is 12.0. The van der Waals surface area contributed by atoms with Gasteiger partial charge in [0.05, 0.1) is 17.6 Å². The number of aromatic nitrogens is 2. The summed E-state index contributed by atoms with van der Waals surface area (Å²) in [6.45, 7) is 2.18. The molecule has 1 saturated heterocycles. The summed E-state index contributed by atoms with van der Waals surface area (Å²) in [6.07, 6.45) is 3.45. The van der Waals surface area contributed by atoms with Crippen LogP contribution in [0.25, 0.3) is 11.0 Å². The lowest BCUT2D eigenvalue weighted by atomic mass is 10.1. The Kier molecular flexibility index (Phi) is 3.35. The fourth-order valence-electron chi connectivity index (χ4n) is 2.46. The highest BCUT2D eigenvalue weighted by Gasteiger charge is 2.16. The van der Waals surface area contributed by atoms with Crippen molar-refractivity contribution in [1.82, 2.24) is 20.2 Å². The van der Waals surface area contributed by atoms with E-state index in [1.54, 1.807) is 0 Å². The molecule has 3 rings (SSSR count). The summed E-state index contributed by atoms with van der Waals surface area (Å²) in [5.74, 6) is 0.798. The first-order chi connectivity index (χ1) is 9.33. The number of carbonyl (C=O) groups is 1. The molecule has 0 unspecified atom stereocenters. The van der Waals surface area contributed by atoms with Gasteiger partial charge in [0.15, 0.2) is 0 Å². The van der Waals surface area contributed by atoms with Crippen LogP contribution in [0.15, 0.2) is 24.3 Å². The summed E-state index contributed by atoms with van der Waals surface area (Å²) in [5.41, 5.74) is 1.94. The van der Waals surface area contributed by atoms with E-state index in [2.05, 4.69) is 15.3 Å². The SMILES string of the molecule is O=C(NCc1nc2ccccc2[nH]1)N1CCCCC1. The third-order valence-corrected chi connectivity index (χ3v) is 3.49. The van der Waals surface area contributed by atoms with Gasteiger partial charge in [-0.2, -0.15) is 0 Å². The van der Waals surface area contributed by atoms with Gasteiger partial charge in [-0.15, -0.1) is 0 Å². The van der Waals surface area contributed by atoms with Gasteiger partial charge < -0.3 is 15.2 Å². The van der Waals surface area contributed by atoms with Gasteiger partial charge in [0.25, 0.3) is 0 Å². The smallest absolute Gasteiger partial charge is 0.317 e. The van der Waals surface area contributed by atoms with Crippen LogP contribution in [0.3, 0.4) is 0 Å². The van der Waals surface area contributed by atoms with E-state index < -0.39 is 0 Å². The molecule has 0 saturated carbocycles. The Labute approximate surface area is 112 Å². The number of amides is 2. The van der Waals surface area contributed by atoms with Crippen LogP contribution < -0.4 is 5.32 Å². The van der Waals surface area contributed by atoms with E-state index in [-0.39, 0.29) is 6.03 Å². The number of urea groups is 1. The highest BCUT2D eigenvalue weighted by molar-refractivity contribution is 5.76. The third-order valence-electron chi connectivity index (χ3n) is 3.49. The molecule has 0 aliphatic carbocycles. The second-order valence-corrected chi connectivity index (χ2v) is 4.91. The summed E-state index contributed by atoms with van der Waals surface area (Å²) in [4.78, 5) is 21.5. The van der Waals surface area contributed by atoms with Gasteiger partial charge in [-0.3, -0.25) is 0 Å². The van der Waals surface area contributed by atoms with Crippen LogP contribution in [0.1, 0.15) is 25.1 Å². The molecule has 0 spiro atoms. The number of likely N-dealkylation sites (tertiary alicyclic amines) is 1. The highest BCUT2D eigenvalue weighted by Crippen LogP contribution is 2.11. The Hall–Kier alpha value is -2.04. The van der Waals surface area contributed by atoms with Crippen LogP contribution in [0.5, 0.6) is 0 Å². The second-order valence-electron chi connectivity index (χ2n) is 4.91. The molecule has 1 fully saturated rings. The molecule has 0 bridgehead atoms. The maximum atomic E-state index is 12.0. The van der Waals surface area contributed by atoms with Crippen molar-refractivity contribution in [1.29, 1.82) is 0 Å². The Morgan fingerprint density at radius 2 is 2.05 bits per heavy atom. The monoisotopic (exact) mass is 258 g/mol. The first-order valence-electron chi connectivity index (χ1n) is 6.79. The van der Waals surface area contributed by atoms with Crippen LogP contribution in [0.2, 0.25) is 0 Å². The van der Waals surface area contributed by atoms with Gasteiger partial charge in [-0.05, 0) is 31.4 Å². The molecular weight excluding hydrogens is 240 g/mol. The minimum atomic E-state index is 0.0140. The molecule has 100 valence electrons. The number of rotatable bonds is 2. The number of hydrogen-bond acceptors (Lipinski definition) is 2. The van der Waals surface area contributed by atoms with Crippen LogP contribution in [-0.4, -0.2) is 34.0 Å². The molecule has 0 radical (unpaired) electrons. The summed E-state index contributed by atoms with van der Waals surface area (Å²) in [5, 5.41) is 2.92. The Balaban J connectivity index is 1.60. The third kappa shape index (κ3) is 2.70. The summed E-state index contributed by atoms with van der Waals surface area (Å²) in [7, 11) is 0. The molecule has 5 heteroatoms. The molecule has 1 aromatic heterocycles. The van der Waals surface area contributed by atoms with Crippen LogP contribution in [-0.2, 0) is 6.54 Å². The minimum Gasteiger partial charge on any atom is -0.340 e. The maximum Gasteiger partial charge on any atom is 0.317 e. The lowest BCUT2D eigenvalue weighted by molar-refractivity contribution is 0.186. The molecule has 2 heterocycles. The predicted octanol–water partition coefficient (Wildman–Crippen LogP) is 2.26. The van der Waals surface area contributed by atoms with Crippen molar-refractivity contribution in [2.75, 3.05) is 13.1 Å². The molecule has 5 nitrogen and oxygen atoms in total. The molecule has 2 amide bonds. The Bertz CT molecular complexity index is 539. The molecule has 2 aromatic rings. The number of piperidine rings is 1. The number of para-hydroxylation sites is 2. The number of aromatic amines is 1. The summed E-state index contributed by atoms with van der Waals surface area (Å²) >= 11 is 0. The van der Waals surface area contributed by atoms with Gasteiger partial charge in [0.1, 0.15) is 5.82 Å². The van der Waals surface area contributed by atoms with E-state index in [4.69, 9.17) is 0 Å². The lowest BCUT2D eigenvalue weighted by Gasteiger charge is -2.26. The number of H-pyrrole nitrogens is 1. The standard InChI is InChI=1S/C14H18N4O/c19-14(18-8-4-1-5-9-18)15-10-13-16-11-6-2-3-7-12(11)17-13/h2-3,6-7H,1,4-5,8-10H2,(H,15,19)(H,16,17). The lowest BCUT2D eigenvalue weighted by Crippen LogP contribution is -2.42. The van der Waals surface area contributed by atoms with Crippen molar-refractivity contribution in [2.45, 2.75) is 25.8 Å². The van der Waals surface area contributed by atoms with Crippen molar-refractivity contribution >= 4 is 17.1 Å². The van der Waals surface area contributed by atoms with Crippen molar-refractivity contribution < 1.29 is 4.79 Å². The molecule has 1 aromatic carbocycles. The Morgan fingerprint density at radius 3 is 2.84 bits per heavy atom. The largest absolute Gasteiger partial charge is 0.340 e. The predicted molar refractivity (Wildman–Crippen MR) is 73.8 cm³/mol. The minimum absolute atomic E-state index is 0.0140. The van der Waals surface area contributed by atoms with E-state index in [0.717, 1.165) is 42.8 Å². The Morgan fingerprint density at radius 1 is 1.26 bits per heavy atom. The van der Waals surface area contributed by atoms with E-state index in [1.165, 1.54) is 6.42 Å². The van der Waals surface area contributed by atoms with E-state index >= 15 is 0 Å². The van der Waals surface area contributed by atoms with Gasteiger partial charge in [-0.1, -0.05) is 12.1 Å². The number of fused-ring (bicyclic) bond motifs is 1. The van der Waals surface area contributed by atoms with Gasteiger partial charge in [0.2, 0.25) is 0 Å². The molecule has 1 aliphatic rings. The van der Waals surface area contributed by atoms with Gasteiger partial charge in [-0.25, -0.2) is 9.78 Å². The van der Waals surface area contributed by atoms with Gasteiger partial charge in [0, 0.05) is 13.1 Å². The van der Waals surface area contributed by atoms with Crippen molar-refractivity contribution in [3.05, 3.63) is 30.1 Å². The second kappa shape index (κ2) is 5.30. The fourth-order valence-corrected chi connectivity index (χ4v) is 2.46.